The molecule has 0 amide bonds. The minimum absolute atomic E-state index is 0.139. The summed E-state index contributed by atoms with van der Waals surface area (Å²) in [4.78, 5) is 2.54. The molecule has 3 nitrogen and oxygen atoms in total. The number of halogens is 1. The molecule has 4 heteroatoms. The fourth-order valence-corrected chi connectivity index (χ4v) is 4.22. The average Bonchev–Trinajstić information content (AvgIpc) is 2.71. The maximum absolute atomic E-state index is 6.06. The minimum Gasteiger partial charge on any atom is -0.466 e. The molecule has 0 aromatic heterocycles. The summed E-state index contributed by atoms with van der Waals surface area (Å²) < 4.78 is 11.2. The molecule has 1 aromatic rings. The van der Waals surface area contributed by atoms with Crippen molar-refractivity contribution < 1.29 is 9.47 Å². The molecule has 4 rings (SSSR count). The zero-order valence-corrected chi connectivity index (χ0v) is 15.6. The third-order valence-corrected chi connectivity index (χ3v) is 5.60. The zero-order valence-electron chi connectivity index (χ0n) is 14.8. The molecule has 1 saturated heterocycles. The Bertz CT molecular complexity index is 748. The lowest BCUT2D eigenvalue weighted by Crippen LogP contribution is -2.44. The van der Waals surface area contributed by atoms with E-state index < -0.39 is 0 Å². The van der Waals surface area contributed by atoms with Gasteiger partial charge < -0.3 is 9.47 Å². The molecule has 0 bridgehead atoms. The molecule has 2 atom stereocenters. The Hall–Kier alpha value is -1.97. The second kappa shape index (κ2) is 8.15. The third kappa shape index (κ3) is 3.89. The van der Waals surface area contributed by atoms with Crippen LogP contribution in [-0.2, 0) is 9.47 Å². The van der Waals surface area contributed by atoms with E-state index in [-0.39, 0.29) is 6.04 Å². The Morgan fingerprint density at radius 3 is 2.77 bits per heavy atom. The molecule has 2 aliphatic heterocycles. The number of ether oxygens (including phenoxy) is 2. The molecule has 0 radical (unpaired) electrons. The highest BCUT2D eigenvalue weighted by molar-refractivity contribution is 6.30. The lowest BCUT2D eigenvalue weighted by Gasteiger charge is -2.40. The van der Waals surface area contributed by atoms with E-state index in [0.717, 1.165) is 36.7 Å². The largest absolute Gasteiger partial charge is 0.466 e. The topological polar surface area (TPSA) is 21.7 Å². The Labute approximate surface area is 160 Å². The van der Waals surface area contributed by atoms with E-state index >= 15 is 0 Å². The smallest absolute Gasteiger partial charge is 0.160 e. The van der Waals surface area contributed by atoms with Gasteiger partial charge in [-0.05, 0) is 61.4 Å². The molecule has 0 spiro atoms. The van der Waals surface area contributed by atoms with Crippen molar-refractivity contribution in [2.45, 2.75) is 37.6 Å². The average molecular weight is 370 g/mol. The predicted octanol–water partition coefficient (Wildman–Crippen LogP) is 5.52. The summed E-state index contributed by atoms with van der Waals surface area (Å²) in [6, 6.07) is 8.45. The van der Waals surface area contributed by atoms with Crippen molar-refractivity contribution >= 4 is 11.6 Å². The van der Waals surface area contributed by atoms with Crippen molar-refractivity contribution in [2.24, 2.45) is 0 Å². The lowest BCUT2D eigenvalue weighted by molar-refractivity contribution is 0.131. The highest BCUT2D eigenvalue weighted by atomic mass is 35.5. The van der Waals surface area contributed by atoms with Gasteiger partial charge in [-0.25, -0.2) is 0 Å². The van der Waals surface area contributed by atoms with Gasteiger partial charge in [0, 0.05) is 11.6 Å². The van der Waals surface area contributed by atoms with Gasteiger partial charge in [0.2, 0.25) is 0 Å². The number of piperidine rings is 1. The third-order valence-electron chi connectivity index (χ3n) is 5.35. The van der Waals surface area contributed by atoms with Crippen LogP contribution in [0.4, 0.5) is 0 Å². The van der Waals surface area contributed by atoms with Crippen LogP contribution in [0, 0.1) is 0 Å². The van der Waals surface area contributed by atoms with E-state index in [9.17, 15) is 0 Å². The van der Waals surface area contributed by atoms with Crippen LogP contribution >= 0.6 is 11.6 Å². The monoisotopic (exact) mass is 369 g/mol. The summed E-state index contributed by atoms with van der Waals surface area (Å²) in [5, 5.41) is 0.795. The Balaban J connectivity index is 1.58. The fraction of sp³-hybridized carbons (Fsp3) is 0.364. The van der Waals surface area contributed by atoms with E-state index in [1.807, 2.05) is 12.1 Å². The van der Waals surface area contributed by atoms with Crippen LogP contribution in [0.25, 0.3) is 0 Å². The van der Waals surface area contributed by atoms with Crippen LogP contribution in [0.2, 0.25) is 5.02 Å². The van der Waals surface area contributed by atoms with Gasteiger partial charge in [-0.15, -0.1) is 0 Å². The first kappa shape index (κ1) is 17.4. The van der Waals surface area contributed by atoms with Crippen molar-refractivity contribution in [1.29, 1.82) is 0 Å². The summed E-state index contributed by atoms with van der Waals surface area (Å²) in [6.07, 6.45) is 16.1. The van der Waals surface area contributed by atoms with Crippen LogP contribution in [0.1, 0.15) is 37.2 Å². The molecule has 26 heavy (non-hydrogen) atoms. The first-order valence-corrected chi connectivity index (χ1v) is 9.71. The summed E-state index contributed by atoms with van der Waals surface area (Å²) in [5.41, 5.74) is 2.76. The Morgan fingerprint density at radius 2 is 2.04 bits per heavy atom. The highest BCUT2D eigenvalue weighted by Gasteiger charge is 2.33. The molecular formula is C22H24ClNO2. The lowest BCUT2D eigenvalue weighted by atomic mass is 9.87. The molecule has 2 unspecified atom stereocenters. The number of rotatable bonds is 4. The second-order valence-corrected chi connectivity index (χ2v) is 7.48. The van der Waals surface area contributed by atoms with Crippen LogP contribution in [-0.4, -0.2) is 24.0 Å². The van der Waals surface area contributed by atoms with Gasteiger partial charge in [0.1, 0.15) is 18.8 Å². The quantitative estimate of drug-likeness (QED) is 0.697. The second-order valence-electron chi connectivity index (χ2n) is 7.04. The van der Waals surface area contributed by atoms with E-state index in [0.29, 0.717) is 5.92 Å². The van der Waals surface area contributed by atoms with Crippen LogP contribution < -0.4 is 0 Å². The number of likely N-dealkylation sites (tertiary alicyclic amines) is 1. The molecule has 0 saturated carbocycles. The van der Waals surface area contributed by atoms with E-state index in [2.05, 4.69) is 35.3 Å². The first-order valence-electron chi connectivity index (χ1n) is 9.33. The van der Waals surface area contributed by atoms with Gasteiger partial charge in [-0.2, -0.15) is 0 Å². The summed E-state index contributed by atoms with van der Waals surface area (Å²) >= 11 is 6.06. The van der Waals surface area contributed by atoms with E-state index in [1.54, 1.807) is 18.8 Å². The van der Waals surface area contributed by atoms with Gasteiger partial charge >= 0.3 is 0 Å². The summed E-state index contributed by atoms with van der Waals surface area (Å²) in [6.45, 7) is 2.08. The Kier molecular flexibility index (Phi) is 5.47. The van der Waals surface area contributed by atoms with Crippen LogP contribution in [0.3, 0.4) is 0 Å². The van der Waals surface area contributed by atoms with Gasteiger partial charge in [0.05, 0.1) is 6.04 Å². The first-order chi connectivity index (χ1) is 12.8. The highest BCUT2D eigenvalue weighted by Crippen LogP contribution is 2.34. The SMILES string of the molecule is Clc1ccc(C2CCCN(C(C3=CC=CCC3)C3=COC=CO3)C2)cc1. The normalized spacial score (nSPS) is 24.3. The number of hydrogen-bond donors (Lipinski definition) is 0. The van der Waals surface area contributed by atoms with Crippen molar-refractivity contribution in [3.8, 4) is 0 Å². The minimum atomic E-state index is 0.139. The molecule has 136 valence electrons. The zero-order chi connectivity index (χ0) is 17.8. The number of allylic oxidation sites excluding steroid dienone is 3. The van der Waals surface area contributed by atoms with Crippen LogP contribution in [0.15, 0.2) is 72.6 Å². The van der Waals surface area contributed by atoms with Gasteiger partial charge in [-0.1, -0.05) is 42.0 Å². The molecule has 0 N–H and O–H groups in total. The summed E-state index contributed by atoms with van der Waals surface area (Å²) in [5.74, 6) is 1.40. The number of hydrogen-bond acceptors (Lipinski definition) is 3. The van der Waals surface area contributed by atoms with Gasteiger partial charge in [0.25, 0.3) is 0 Å². The van der Waals surface area contributed by atoms with Gasteiger partial charge in [-0.3, -0.25) is 4.90 Å². The van der Waals surface area contributed by atoms with Crippen molar-refractivity contribution in [2.75, 3.05) is 13.1 Å². The Morgan fingerprint density at radius 1 is 1.15 bits per heavy atom. The molecule has 3 aliphatic rings. The summed E-state index contributed by atoms with van der Waals surface area (Å²) in [7, 11) is 0. The molecule has 1 aromatic carbocycles. The molecular weight excluding hydrogens is 346 g/mol. The predicted molar refractivity (Wildman–Crippen MR) is 105 cm³/mol. The van der Waals surface area contributed by atoms with Crippen molar-refractivity contribution in [1.82, 2.24) is 4.90 Å². The standard InChI is InChI=1S/C22H24ClNO2/c23-20-10-8-17(9-11-20)19-7-4-12-24(15-19)22(18-5-2-1-3-6-18)21-16-25-13-14-26-21/h1-2,5,8-11,13-14,16,19,22H,3-4,6-7,12,15H2. The van der Waals surface area contributed by atoms with Gasteiger partial charge in [0.15, 0.2) is 5.76 Å². The molecule has 1 aliphatic carbocycles. The van der Waals surface area contributed by atoms with Crippen molar-refractivity contribution in [3.05, 3.63) is 83.2 Å². The van der Waals surface area contributed by atoms with Crippen LogP contribution in [0.5, 0.6) is 0 Å². The van der Waals surface area contributed by atoms with E-state index in [4.69, 9.17) is 21.1 Å². The maximum Gasteiger partial charge on any atom is 0.160 e. The maximum atomic E-state index is 6.06. The molecule has 1 fully saturated rings. The number of nitrogens with zero attached hydrogens (tertiary/aromatic N) is 1. The van der Waals surface area contributed by atoms with E-state index in [1.165, 1.54) is 24.0 Å². The van der Waals surface area contributed by atoms with Crippen molar-refractivity contribution in [3.63, 3.8) is 0 Å². The molecule has 2 heterocycles. The number of benzene rings is 1. The fourth-order valence-electron chi connectivity index (χ4n) is 4.10.